The van der Waals surface area contributed by atoms with Crippen LogP contribution >= 0.6 is 15.9 Å². The lowest BCUT2D eigenvalue weighted by Crippen LogP contribution is -2.36. The minimum Gasteiger partial charge on any atom is -0.473 e. The van der Waals surface area contributed by atoms with E-state index in [9.17, 15) is 0 Å². The highest BCUT2D eigenvalue weighted by Crippen LogP contribution is 2.36. The summed E-state index contributed by atoms with van der Waals surface area (Å²) in [6, 6.07) is 1.85. The molecule has 0 spiro atoms. The number of aromatic nitrogens is 1. The van der Waals surface area contributed by atoms with Crippen LogP contribution in [0.2, 0.25) is 0 Å². The van der Waals surface area contributed by atoms with Gasteiger partial charge in [0.25, 0.3) is 0 Å². The predicted molar refractivity (Wildman–Crippen MR) is 82.1 cm³/mol. The number of nitrogens with two attached hydrogens (primary N) is 1. The number of rotatable bonds is 3. The highest BCUT2D eigenvalue weighted by Gasteiger charge is 2.32. The maximum absolute atomic E-state index is 6.13. The number of hydrogen-bond donors (Lipinski definition) is 1. The molecule has 2 N–H and O–H groups in total. The molecular formula is C15H23BrN2O. The maximum atomic E-state index is 6.13. The predicted octanol–water partition coefficient (Wildman–Crippen LogP) is 4.27. The van der Waals surface area contributed by atoms with Crippen LogP contribution in [0, 0.1) is 17.8 Å². The molecule has 3 atom stereocenters. The molecule has 0 radical (unpaired) electrons. The molecule has 0 aliphatic heterocycles. The third-order valence-corrected chi connectivity index (χ3v) is 4.50. The van der Waals surface area contributed by atoms with Crippen LogP contribution in [-0.2, 0) is 0 Å². The summed E-state index contributed by atoms with van der Waals surface area (Å²) in [5.74, 6) is 2.53. The Labute approximate surface area is 124 Å². The Morgan fingerprint density at radius 3 is 2.79 bits per heavy atom. The van der Waals surface area contributed by atoms with E-state index >= 15 is 0 Å². The Balaban J connectivity index is 2.14. The van der Waals surface area contributed by atoms with Gasteiger partial charge in [0.1, 0.15) is 6.10 Å². The van der Waals surface area contributed by atoms with E-state index in [-0.39, 0.29) is 6.10 Å². The Hall–Kier alpha value is -0.770. The molecule has 0 bridgehead atoms. The van der Waals surface area contributed by atoms with Gasteiger partial charge in [-0.15, -0.1) is 0 Å². The SMILES string of the molecule is CC1CCC(C(C)C)C(Oc2ncc(Br)cc2N)C1. The van der Waals surface area contributed by atoms with E-state index in [0.717, 1.165) is 16.8 Å². The fraction of sp³-hybridized carbons (Fsp3) is 0.667. The van der Waals surface area contributed by atoms with Crippen molar-refractivity contribution in [1.82, 2.24) is 4.98 Å². The molecule has 2 rings (SSSR count). The molecule has 0 aromatic carbocycles. The molecule has 3 nitrogen and oxygen atoms in total. The van der Waals surface area contributed by atoms with Gasteiger partial charge < -0.3 is 10.5 Å². The van der Waals surface area contributed by atoms with Crippen LogP contribution in [0.1, 0.15) is 40.0 Å². The van der Waals surface area contributed by atoms with Gasteiger partial charge in [0.2, 0.25) is 5.88 Å². The van der Waals surface area contributed by atoms with Crippen molar-refractivity contribution in [3.63, 3.8) is 0 Å². The number of nitrogens with zero attached hydrogens (tertiary/aromatic N) is 1. The molecule has 1 saturated carbocycles. The Bertz CT molecular complexity index is 436. The summed E-state index contributed by atoms with van der Waals surface area (Å²) in [5.41, 5.74) is 6.58. The molecule has 19 heavy (non-hydrogen) atoms. The summed E-state index contributed by atoms with van der Waals surface area (Å²) < 4.78 is 7.01. The second kappa shape index (κ2) is 6.12. The monoisotopic (exact) mass is 326 g/mol. The molecule has 3 unspecified atom stereocenters. The van der Waals surface area contributed by atoms with Crippen molar-refractivity contribution in [1.29, 1.82) is 0 Å². The minimum absolute atomic E-state index is 0.236. The maximum Gasteiger partial charge on any atom is 0.237 e. The molecule has 1 aromatic rings. The second-order valence-corrected chi connectivity index (χ2v) is 6.95. The topological polar surface area (TPSA) is 48.1 Å². The first kappa shape index (κ1) is 14.6. The fourth-order valence-electron chi connectivity index (χ4n) is 2.93. The van der Waals surface area contributed by atoms with Crippen molar-refractivity contribution >= 4 is 21.6 Å². The average Bonchev–Trinajstić information content (AvgIpc) is 2.32. The summed E-state index contributed by atoms with van der Waals surface area (Å²) in [7, 11) is 0. The highest BCUT2D eigenvalue weighted by atomic mass is 79.9. The van der Waals surface area contributed by atoms with Crippen LogP contribution in [0.4, 0.5) is 5.69 Å². The molecule has 1 fully saturated rings. The van der Waals surface area contributed by atoms with E-state index in [0.29, 0.717) is 23.4 Å². The first-order valence-corrected chi connectivity index (χ1v) is 7.84. The number of halogens is 1. The van der Waals surface area contributed by atoms with Gasteiger partial charge in [0, 0.05) is 10.7 Å². The number of pyridine rings is 1. The van der Waals surface area contributed by atoms with Crippen molar-refractivity contribution < 1.29 is 4.74 Å². The van der Waals surface area contributed by atoms with Gasteiger partial charge in [-0.05, 0) is 52.6 Å². The van der Waals surface area contributed by atoms with E-state index in [2.05, 4.69) is 41.7 Å². The van der Waals surface area contributed by atoms with Gasteiger partial charge in [-0.1, -0.05) is 27.2 Å². The third-order valence-electron chi connectivity index (χ3n) is 4.07. The summed E-state index contributed by atoms with van der Waals surface area (Å²) in [6.45, 7) is 6.84. The molecule has 4 heteroatoms. The van der Waals surface area contributed by atoms with E-state index in [1.807, 2.05) is 6.07 Å². The minimum atomic E-state index is 0.236. The average molecular weight is 327 g/mol. The summed E-state index contributed by atoms with van der Waals surface area (Å²) in [4.78, 5) is 4.30. The van der Waals surface area contributed by atoms with Gasteiger partial charge in [-0.2, -0.15) is 0 Å². The quantitative estimate of drug-likeness (QED) is 0.902. The molecule has 1 aromatic heterocycles. The van der Waals surface area contributed by atoms with Gasteiger partial charge in [-0.3, -0.25) is 0 Å². The molecule has 0 saturated heterocycles. The molecular weight excluding hydrogens is 304 g/mol. The Morgan fingerprint density at radius 2 is 2.16 bits per heavy atom. The fourth-order valence-corrected chi connectivity index (χ4v) is 3.28. The standard InChI is InChI=1S/C15H23BrN2O/c1-9(2)12-5-4-10(3)6-14(12)19-15-13(17)7-11(16)8-18-15/h7-10,12,14H,4-6,17H2,1-3H3. The number of nitrogen functional groups attached to an aromatic ring is 1. The number of anilines is 1. The molecule has 1 aliphatic rings. The second-order valence-electron chi connectivity index (χ2n) is 6.03. The van der Waals surface area contributed by atoms with Crippen molar-refractivity contribution in [2.45, 2.75) is 46.1 Å². The van der Waals surface area contributed by atoms with Crippen LogP contribution in [0.5, 0.6) is 5.88 Å². The summed E-state index contributed by atoms with van der Waals surface area (Å²) in [6.07, 6.45) is 5.61. The van der Waals surface area contributed by atoms with Gasteiger partial charge in [-0.25, -0.2) is 4.98 Å². The zero-order valence-electron chi connectivity index (χ0n) is 11.9. The van der Waals surface area contributed by atoms with Gasteiger partial charge in [0.15, 0.2) is 0 Å². The van der Waals surface area contributed by atoms with Gasteiger partial charge in [0.05, 0.1) is 5.69 Å². The van der Waals surface area contributed by atoms with Crippen LogP contribution in [-0.4, -0.2) is 11.1 Å². The first-order chi connectivity index (χ1) is 8.97. The summed E-state index contributed by atoms with van der Waals surface area (Å²) in [5, 5.41) is 0. The number of ether oxygens (including phenoxy) is 1. The first-order valence-electron chi connectivity index (χ1n) is 7.05. The Kier molecular flexibility index (Phi) is 4.71. The zero-order chi connectivity index (χ0) is 14.0. The lowest BCUT2D eigenvalue weighted by Gasteiger charge is -2.37. The largest absolute Gasteiger partial charge is 0.473 e. The van der Waals surface area contributed by atoms with Crippen LogP contribution < -0.4 is 10.5 Å². The van der Waals surface area contributed by atoms with E-state index in [1.165, 1.54) is 12.8 Å². The molecule has 106 valence electrons. The Morgan fingerprint density at radius 1 is 1.42 bits per heavy atom. The third kappa shape index (κ3) is 3.62. The number of hydrogen-bond acceptors (Lipinski definition) is 3. The summed E-state index contributed by atoms with van der Waals surface area (Å²) >= 11 is 3.37. The lowest BCUT2D eigenvalue weighted by atomic mass is 9.75. The highest BCUT2D eigenvalue weighted by molar-refractivity contribution is 9.10. The van der Waals surface area contributed by atoms with Crippen LogP contribution in [0.15, 0.2) is 16.7 Å². The van der Waals surface area contributed by atoms with Crippen molar-refractivity contribution in [2.24, 2.45) is 17.8 Å². The van der Waals surface area contributed by atoms with Crippen LogP contribution in [0.3, 0.4) is 0 Å². The van der Waals surface area contributed by atoms with Crippen molar-refractivity contribution in [3.05, 3.63) is 16.7 Å². The normalized spacial score (nSPS) is 27.5. The van der Waals surface area contributed by atoms with E-state index < -0.39 is 0 Å². The molecule has 0 amide bonds. The lowest BCUT2D eigenvalue weighted by molar-refractivity contribution is 0.0432. The van der Waals surface area contributed by atoms with E-state index in [4.69, 9.17) is 10.5 Å². The van der Waals surface area contributed by atoms with Gasteiger partial charge >= 0.3 is 0 Å². The molecule has 1 aliphatic carbocycles. The van der Waals surface area contributed by atoms with Crippen molar-refractivity contribution in [3.8, 4) is 5.88 Å². The van der Waals surface area contributed by atoms with Crippen molar-refractivity contribution in [2.75, 3.05) is 5.73 Å². The smallest absolute Gasteiger partial charge is 0.237 e. The zero-order valence-corrected chi connectivity index (χ0v) is 13.5. The van der Waals surface area contributed by atoms with E-state index in [1.54, 1.807) is 6.20 Å². The van der Waals surface area contributed by atoms with Crippen LogP contribution in [0.25, 0.3) is 0 Å². The molecule has 1 heterocycles.